The molecule has 0 aliphatic carbocycles. The van der Waals surface area contributed by atoms with E-state index in [1.54, 1.807) is 12.1 Å². The van der Waals surface area contributed by atoms with E-state index in [-0.39, 0.29) is 5.69 Å². The summed E-state index contributed by atoms with van der Waals surface area (Å²) >= 11 is 0. The van der Waals surface area contributed by atoms with Crippen molar-refractivity contribution in [1.82, 2.24) is 4.90 Å². The van der Waals surface area contributed by atoms with Crippen LogP contribution in [0.5, 0.6) is 0 Å². The summed E-state index contributed by atoms with van der Waals surface area (Å²) in [4.78, 5) is 24.3. The maximum absolute atomic E-state index is 11.3. The number of carbonyl (C=O) groups excluding carboxylic acids is 1. The van der Waals surface area contributed by atoms with Crippen molar-refractivity contribution >= 4 is 23.4 Å². The lowest BCUT2D eigenvalue weighted by Crippen LogP contribution is -2.40. The number of benzene rings is 1. The van der Waals surface area contributed by atoms with Crippen molar-refractivity contribution in [2.45, 2.75) is 39.8 Å². The van der Waals surface area contributed by atoms with Crippen LogP contribution in [0.15, 0.2) is 24.3 Å². The average molecular weight is 349 g/mol. The minimum atomic E-state index is -0.507. The number of hydrogen-bond donors (Lipinski definition) is 1. The molecule has 1 aromatic carbocycles. The lowest BCUT2D eigenvalue weighted by molar-refractivity contribution is -0.384. The molecular formula is C18H27N3O4. The number of nitrogens with zero attached hydrogens (tertiary/aromatic N) is 2. The summed E-state index contributed by atoms with van der Waals surface area (Å²) in [5.74, 6) is -0.507. The third-order valence-electron chi connectivity index (χ3n) is 3.84. The van der Waals surface area contributed by atoms with Gasteiger partial charge in [-0.3, -0.25) is 15.0 Å². The van der Waals surface area contributed by atoms with Gasteiger partial charge in [-0.05, 0) is 45.4 Å². The minimum Gasteiger partial charge on any atom is -0.466 e. The van der Waals surface area contributed by atoms with E-state index in [9.17, 15) is 14.9 Å². The predicted octanol–water partition coefficient (Wildman–Crippen LogP) is 3.31. The number of anilines is 1. The number of methoxy groups -OCH3 is 1. The van der Waals surface area contributed by atoms with Gasteiger partial charge in [-0.2, -0.15) is 0 Å². The van der Waals surface area contributed by atoms with Crippen LogP contribution in [0.1, 0.15) is 33.3 Å². The number of ether oxygens (including phenoxy) is 1. The molecule has 0 aliphatic heterocycles. The highest BCUT2D eigenvalue weighted by Crippen LogP contribution is 2.26. The van der Waals surface area contributed by atoms with Crippen LogP contribution in [0.3, 0.4) is 0 Å². The number of hydrogen-bond acceptors (Lipinski definition) is 6. The summed E-state index contributed by atoms with van der Waals surface area (Å²) in [5, 5.41) is 14.5. The van der Waals surface area contributed by atoms with Crippen molar-refractivity contribution in [3.8, 4) is 0 Å². The Kier molecular flexibility index (Phi) is 8.07. The lowest BCUT2D eigenvalue weighted by atomic mass is 10.1. The SMILES string of the molecule is COC(=O)C=Cc1ccc(NCCN(C(C)C)C(C)C)c([N+](=O)[O-])c1. The summed E-state index contributed by atoms with van der Waals surface area (Å²) in [6.45, 7) is 9.91. The van der Waals surface area contributed by atoms with Crippen LogP contribution in [0.2, 0.25) is 0 Å². The molecule has 25 heavy (non-hydrogen) atoms. The standard InChI is InChI=1S/C18H27N3O4/c1-13(2)20(14(3)4)11-10-19-16-8-6-15(7-9-18(22)25-5)12-17(16)21(23)24/h6-9,12-14,19H,10-11H2,1-5H3. The molecule has 0 radical (unpaired) electrons. The molecule has 0 unspecified atom stereocenters. The fourth-order valence-corrected chi connectivity index (χ4v) is 2.62. The monoisotopic (exact) mass is 349 g/mol. The van der Waals surface area contributed by atoms with E-state index >= 15 is 0 Å². The molecule has 7 nitrogen and oxygen atoms in total. The highest BCUT2D eigenvalue weighted by atomic mass is 16.6. The Morgan fingerprint density at radius 2 is 1.96 bits per heavy atom. The normalized spacial score (nSPS) is 11.5. The smallest absolute Gasteiger partial charge is 0.330 e. The van der Waals surface area contributed by atoms with Crippen molar-refractivity contribution in [3.63, 3.8) is 0 Å². The topological polar surface area (TPSA) is 84.7 Å². The molecule has 0 saturated carbocycles. The van der Waals surface area contributed by atoms with E-state index in [2.05, 4.69) is 42.6 Å². The third kappa shape index (κ3) is 6.54. The minimum absolute atomic E-state index is 0.0207. The lowest BCUT2D eigenvalue weighted by Gasteiger charge is -2.30. The maximum Gasteiger partial charge on any atom is 0.330 e. The summed E-state index contributed by atoms with van der Waals surface area (Å²) in [5.41, 5.74) is 1.01. The summed E-state index contributed by atoms with van der Waals surface area (Å²) < 4.78 is 4.51. The quantitative estimate of drug-likeness (QED) is 0.319. The number of esters is 1. The predicted molar refractivity (Wildman–Crippen MR) is 99.6 cm³/mol. The third-order valence-corrected chi connectivity index (χ3v) is 3.84. The number of nitrogens with one attached hydrogen (secondary N) is 1. The number of nitro benzene ring substituents is 1. The molecule has 0 fully saturated rings. The van der Waals surface area contributed by atoms with Crippen molar-refractivity contribution in [2.75, 3.05) is 25.5 Å². The Labute approximate surface area is 148 Å². The fourth-order valence-electron chi connectivity index (χ4n) is 2.62. The Morgan fingerprint density at radius 3 is 2.48 bits per heavy atom. The molecule has 138 valence electrons. The second kappa shape index (κ2) is 9.78. The first-order valence-corrected chi connectivity index (χ1v) is 8.30. The molecule has 0 saturated heterocycles. The number of nitro groups is 1. The van der Waals surface area contributed by atoms with Crippen LogP contribution in [-0.4, -0.2) is 48.1 Å². The zero-order valence-electron chi connectivity index (χ0n) is 15.5. The molecule has 1 aromatic rings. The maximum atomic E-state index is 11.3. The first-order valence-electron chi connectivity index (χ1n) is 8.30. The second-order valence-corrected chi connectivity index (χ2v) is 6.24. The van der Waals surface area contributed by atoms with E-state index in [0.717, 1.165) is 6.54 Å². The second-order valence-electron chi connectivity index (χ2n) is 6.24. The van der Waals surface area contributed by atoms with Gasteiger partial charge in [0.05, 0.1) is 12.0 Å². The Morgan fingerprint density at radius 1 is 1.32 bits per heavy atom. The molecule has 0 amide bonds. The average Bonchev–Trinajstić information content (AvgIpc) is 2.56. The largest absolute Gasteiger partial charge is 0.466 e. The van der Waals surface area contributed by atoms with Crippen LogP contribution >= 0.6 is 0 Å². The van der Waals surface area contributed by atoms with Crippen molar-refractivity contribution in [3.05, 3.63) is 40.0 Å². The van der Waals surface area contributed by atoms with E-state index in [1.807, 2.05) is 0 Å². The summed E-state index contributed by atoms with van der Waals surface area (Å²) in [7, 11) is 1.28. The van der Waals surface area contributed by atoms with Gasteiger partial charge in [-0.25, -0.2) is 4.79 Å². The zero-order valence-corrected chi connectivity index (χ0v) is 15.5. The Bertz CT molecular complexity index is 619. The van der Waals surface area contributed by atoms with Gasteiger partial charge in [0.2, 0.25) is 0 Å². The molecule has 0 aromatic heterocycles. The van der Waals surface area contributed by atoms with Crippen LogP contribution in [0.4, 0.5) is 11.4 Å². The highest BCUT2D eigenvalue weighted by Gasteiger charge is 2.16. The van der Waals surface area contributed by atoms with Gasteiger partial charge in [-0.15, -0.1) is 0 Å². The molecule has 0 spiro atoms. The van der Waals surface area contributed by atoms with Crippen molar-refractivity contribution in [1.29, 1.82) is 0 Å². The van der Waals surface area contributed by atoms with Crippen LogP contribution in [-0.2, 0) is 9.53 Å². The van der Waals surface area contributed by atoms with Gasteiger partial charge in [0.25, 0.3) is 5.69 Å². The fraction of sp³-hybridized carbons (Fsp3) is 0.500. The Hall–Kier alpha value is -2.41. The molecule has 0 bridgehead atoms. The van der Waals surface area contributed by atoms with Crippen LogP contribution < -0.4 is 5.32 Å². The molecule has 0 heterocycles. The van der Waals surface area contributed by atoms with Gasteiger partial charge >= 0.3 is 5.97 Å². The van der Waals surface area contributed by atoms with E-state index in [4.69, 9.17) is 0 Å². The van der Waals surface area contributed by atoms with Gasteiger partial charge in [0.15, 0.2) is 0 Å². The van der Waals surface area contributed by atoms with Crippen molar-refractivity contribution in [2.24, 2.45) is 0 Å². The molecule has 0 atom stereocenters. The summed E-state index contributed by atoms with van der Waals surface area (Å²) in [6.07, 6.45) is 2.72. The zero-order chi connectivity index (χ0) is 19.0. The molecule has 1 rings (SSSR count). The van der Waals surface area contributed by atoms with E-state index < -0.39 is 10.9 Å². The van der Waals surface area contributed by atoms with Crippen LogP contribution in [0.25, 0.3) is 6.08 Å². The van der Waals surface area contributed by atoms with Gasteiger partial charge in [-0.1, -0.05) is 6.07 Å². The van der Waals surface area contributed by atoms with Gasteiger partial charge in [0, 0.05) is 37.3 Å². The van der Waals surface area contributed by atoms with E-state index in [1.165, 1.54) is 25.3 Å². The number of rotatable bonds is 9. The number of carbonyl (C=O) groups is 1. The first kappa shape index (κ1) is 20.6. The van der Waals surface area contributed by atoms with Crippen molar-refractivity contribution < 1.29 is 14.5 Å². The van der Waals surface area contributed by atoms with Gasteiger partial charge in [0.1, 0.15) is 5.69 Å². The molecule has 1 N–H and O–H groups in total. The van der Waals surface area contributed by atoms with E-state index in [0.29, 0.717) is 29.9 Å². The summed E-state index contributed by atoms with van der Waals surface area (Å²) in [6, 6.07) is 5.62. The first-order chi connectivity index (χ1) is 11.8. The Balaban J connectivity index is 2.84. The van der Waals surface area contributed by atoms with Crippen LogP contribution in [0, 0.1) is 10.1 Å². The molecule has 7 heteroatoms. The highest BCUT2D eigenvalue weighted by molar-refractivity contribution is 5.87. The van der Waals surface area contributed by atoms with Gasteiger partial charge < -0.3 is 10.1 Å². The molecule has 0 aliphatic rings. The molecular weight excluding hydrogens is 322 g/mol.